The average molecular weight is 384 g/mol. The predicted molar refractivity (Wildman–Crippen MR) is 89.9 cm³/mol. The standard InChI is InChI=1S/C15H14BrNO4S/c1-3-21-11-7-9(6-10(16)14(11)20-2)4-5-13-17-8-12(22-13)15(18)19/h4-8H,3H2,1-2H3,(H,18,19). The quantitative estimate of drug-likeness (QED) is 0.809. The van der Waals surface area contributed by atoms with E-state index in [1.54, 1.807) is 13.2 Å². The van der Waals surface area contributed by atoms with Crippen LogP contribution in [0.15, 0.2) is 22.8 Å². The van der Waals surface area contributed by atoms with Crippen LogP contribution in [-0.2, 0) is 0 Å². The number of benzene rings is 1. The Morgan fingerprint density at radius 3 is 2.82 bits per heavy atom. The van der Waals surface area contributed by atoms with Crippen molar-refractivity contribution in [1.82, 2.24) is 4.98 Å². The van der Waals surface area contributed by atoms with E-state index in [2.05, 4.69) is 20.9 Å². The van der Waals surface area contributed by atoms with Crippen molar-refractivity contribution >= 4 is 45.4 Å². The van der Waals surface area contributed by atoms with Crippen molar-refractivity contribution in [1.29, 1.82) is 0 Å². The second kappa shape index (κ2) is 7.42. The summed E-state index contributed by atoms with van der Waals surface area (Å²) in [5, 5.41) is 9.51. The van der Waals surface area contributed by atoms with Gasteiger partial charge < -0.3 is 14.6 Å². The number of carboxylic acids is 1. The van der Waals surface area contributed by atoms with Crippen molar-refractivity contribution in [2.45, 2.75) is 6.92 Å². The minimum atomic E-state index is -0.969. The molecule has 1 aromatic heterocycles. The van der Waals surface area contributed by atoms with E-state index in [0.29, 0.717) is 23.1 Å². The molecule has 0 saturated carbocycles. The topological polar surface area (TPSA) is 68.7 Å². The molecule has 7 heteroatoms. The molecule has 0 radical (unpaired) electrons. The Morgan fingerprint density at radius 1 is 1.45 bits per heavy atom. The summed E-state index contributed by atoms with van der Waals surface area (Å²) in [5.41, 5.74) is 0.892. The summed E-state index contributed by atoms with van der Waals surface area (Å²) in [6.07, 6.45) is 4.96. The first-order valence-electron chi connectivity index (χ1n) is 6.42. The lowest BCUT2D eigenvalue weighted by Crippen LogP contribution is -1.96. The zero-order valence-corrected chi connectivity index (χ0v) is 14.4. The maximum Gasteiger partial charge on any atom is 0.347 e. The highest BCUT2D eigenvalue weighted by molar-refractivity contribution is 9.10. The molecule has 0 bridgehead atoms. The first-order valence-corrected chi connectivity index (χ1v) is 8.03. The summed E-state index contributed by atoms with van der Waals surface area (Å²) in [7, 11) is 1.58. The molecule has 0 aliphatic rings. The second-order valence-corrected chi connectivity index (χ2v) is 6.08. The molecule has 0 unspecified atom stereocenters. The lowest BCUT2D eigenvalue weighted by Gasteiger charge is -2.11. The molecule has 0 amide bonds. The van der Waals surface area contributed by atoms with E-state index in [-0.39, 0.29) is 4.88 Å². The lowest BCUT2D eigenvalue weighted by atomic mass is 10.2. The van der Waals surface area contributed by atoms with Crippen LogP contribution in [0.5, 0.6) is 11.5 Å². The number of carboxylic acid groups (broad SMARTS) is 1. The molecule has 0 aliphatic heterocycles. The summed E-state index contributed by atoms with van der Waals surface area (Å²) in [6.45, 7) is 2.43. The SMILES string of the molecule is CCOc1cc(C=Cc2ncc(C(=O)O)s2)cc(Br)c1OC. The van der Waals surface area contributed by atoms with Gasteiger partial charge in [0.05, 0.1) is 24.4 Å². The first-order chi connectivity index (χ1) is 10.5. The van der Waals surface area contributed by atoms with E-state index in [1.165, 1.54) is 6.20 Å². The summed E-state index contributed by atoms with van der Waals surface area (Å²) >= 11 is 4.57. The van der Waals surface area contributed by atoms with E-state index in [9.17, 15) is 4.79 Å². The Labute approximate surface area is 140 Å². The van der Waals surface area contributed by atoms with Gasteiger partial charge in [0.15, 0.2) is 11.5 Å². The van der Waals surface area contributed by atoms with Crippen LogP contribution in [0.3, 0.4) is 0 Å². The average Bonchev–Trinajstić information content (AvgIpc) is 2.94. The van der Waals surface area contributed by atoms with Gasteiger partial charge in [0, 0.05) is 0 Å². The number of hydrogen-bond acceptors (Lipinski definition) is 5. The molecule has 2 rings (SSSR count). The maximum atomic E-state index is 10.8. The minimum absolute atomic E-state index is 0.213. The molecular formula is C15H14BrNO4S. The third-order valence-corrected chi connectivity index (χ3v) is 4.23. The Bertz CT molecular complexity index is 712. The fraction of sp³-hybridized carbons (Fsp3) is 0.200. The number of aromatic carboxylic acids is 1. The van der Waals surface area contributed by atoms with Crippen LogP contribution >= 0.6 is 27.3 Å². The third-order valence-electron chi connectivity index (χ3n) is 2.69. The van der Waals surface area contributed by atoms with Crippen molar-refractivity contribution in [2.24, 2.45) is 0 Å². The number of hydrogen-bond donors (Lipinski definition) is 1. The van der Waals surface area contributed by atoms with Gasteiger partial charge in [-0.15, -0.1) is 11.3 Å². The molecule has 0 atom stereocenters. The highest BCUT2D eigenvalue weighted by Crippen LogP contribution is 2.37. The molecule has 1 heterocycles. The number of aromatic nitrogens is 1. The van der Waals surface area contributed by atoms with E-state index < -0.39 is 5.97 Å². The molecule has 5 nitrogen and oxygen atoms in total. The molecule has 0 fully saturated rings. The molecule has 2 aromatic rings. The van der Waals surface area contributed by atoms with Gasteiger partial charge in [-0.1, -0.05) is 6.08 Å². The van der Waals surface area contributed by atoms with Gasteiger partial charge >= 0.3 is 5.97 Å². The molecule has 22 heavy (non-hydrogen) atoms. The van der Waals surface area contributed by atoms with E-state index in [4.69, 9.17) is 14.6 Å². The first kappa shape index (κ1) is 16.5. The molecule has 0 aliphatic carbocycles. The number of rotatable bonds is 6. The van der Waals surface area contributed by atoms with Gasteiger partial charge in [-0.3, -0.25) is 0 Å². The normalized spacial score (nSPS) is 10.9. The van der Waals surface area contributed by atoms with Crippen LogP contribution in [-0.4, -0.2) is 29.8 Å². The highest BCUT2D eigenvalue weighted by Gasteiger charge is 2.10. The van der Waals surface area contributed by atoms with Gasteiger partial charge in [0.1, 0.15) is 9.88 Å². The van der Waals surface area contributed by atoms with Crippen molar-refractivity contribution in [3.05, 3.63) is 38.3 Å². The smallest absolute Gasteiger partial charge is 0.347 e. The number of methoxy groups -OCH3 is 1. The zero-order chi connectivity index (χ0) is 16.1. The lowest BCUT2D eigenvalue weighted by molar-refractivity contribution is 0.0702. The molecular weight excluding hydrogens is 370 g/mol. The summed E-state index contributed by atoms with van der Waals surface area (Å²) in [5.74, 6) is 0.314. The fourth-order valence-corrected chi connectivity index (χ4v) is 3.06. The van der Waals surface area contributed by atoms with Gasteiger partial charge in [0.2, 0.25) is 0 Å². The van der Waals surface area contributed by atoms with Crippen LogP contribution < -0.4 is 9.47 Å². The summed E-state index contributed by atoms with van der Waals surface area (Å²) in [6, 6.07) is 3.75. The van der Waals surface area contributed by atoms with Crippen molar-refractivity contribution in [3.63, 3.8) is 0 Å². The molecule has 1 N–H and O–H groups in total. The van der Waals surface area contributed by atoms with Crippen molar-refractivity contribution in [2.75, 3.05) is 13.7 Å². The van der Waals surface area contributed by atoms with Crippen LogP contribution in [0.4, 0.5) is 0 Å². The number of carbonyl (C=O) groups is 1. The third kappa shape index (κ3) is 3.86. The van der Waals surface area contributed by atoms with E-state index >= 15 is 0 Å². The molecule has 0 spiro atoms. The Balaban J connectivity index is 2.28. The fourth-order valence-electron chi connectivity index (χ4n) is 1.78. The van der Waals surface area contributed by atoms with Gasteiger partial charge in [-0.2, -0.15) is 0 Å². The van der Waals surface area contributed by atoms with Crippen molar-refractivity contribution < 1.29 is 19.4 Å². The second-order valence-electron chi connectivity index (χ2n) is 4.17. The zero-order valence-electron chi connectivity index (χ0n) is 12.0. The van der Waals surface area contributed by atoms with Crippen LogP contribution in [0.2, 0.25) is 0 Å². The van der Waals surface area contributed by atoms with Gasteiger partial charge in [-0.25, -0.2) is 9.78 Å². The monoisotopic (exact) mass is 383 g/mol. The van der Waals surface area contributed by atoms with Crippen LogP contribution in [0.25, 0.3) is 12.2 Å². The summed E-state index contributed by atoms with van der Waals surface area (Å²) in [4.78, 5) is 15.1. The number of ether oxygens (including phenoxy) is 2. The van der Waals surface area contributed by atoms with Gasteiger partial charge in [0.25, 0.3) is 0 Å². The molecule has 0 saturated heterocycles. The van der Waals surface area contributed by atoms with Crippen LogP contribution in [0.1, 0.15) is 27.2 Å². The van der Waals surface area contributed by atoms with Gasteiger partial charge in [-0.05, 0) is 46.6 Å². The Hall–Kier alpha value is -1.86. The Morgan fingerprint density at radius 2 is 2.23 bits per heavy atom. The largest absolute Gasteiger partial charge is 0.492 e. The van der Waals surface area contributed by atoms with Crippen molar-refractivity contribution in [3.8, 4) is 11.5 Å². The predicted octanol–water partition coefficient (Wildman–Crippen LogP) is 4.18. The number of nitrogens with zero attached hydrogens (tertiary/aromatic N) is 1. The molecule has 1 aromatic carbocycles. The van der Waals surface area contributed by atoms with Crippen LogP contribution in [0, 0.1) is 0 Å². The Kier molecular flexibility index (Phi) is 5.57. The summed E-state index contributed by atoms with van der Waals surface area (Å²) < 4.78 is 11.6. The minimum Gasteiger partial charge on any atom is -0.492 e. The number of halogens is 1. The number of thiazole rings is 1. The highest BCUT2D eigenvalue weighted by atomic mass is 79.9. The van der Waals surface area contributed by atoms with E-state index in [0.717, 1.165) is 21.4 Å². The maximum absolute atomic E-state index is 10.8. The van der Waals surface area contributed by atoms with E-state index in [1.807, 2.05) is 25.1 Å². The molecule has 116 valence electrons.